The van der Waals surface area contributed by atoms with Crippen LogP contribution in [0.5, 0.6) is 0 Å². The van der Waals surface area contributed by atoms with E-state index in [1.807, 2.05) is 26.8 Å². The minimum absolute atomic E-state index is 0.0347. The molecule has 1 aromatic carbocycles. The fraction of sp³-hybridized carbons (Fsp3) is 0.435. The number of hydrogen-bond donors (Lipinski definition) is 5. The van der Waals surface area contributed by atoms with Crippen LogP contribution in [0.3, 0.4) is 0 Å². The molecule has 0 fully saturated rings. The Kier molecular flexibility index (Phi) is 7.80. The van der Waals surface area contributed by atoms with E-state index in [0.29, 0.717) is 34.7 Å². The van der Waals surface area contributed by atoms with Gasteiger partial charge in [0.15, 0.2) is 5.82 Å². The van der Waals surface area contributed by atoms with E-state index in [2.05, 4.69) is 25.6 Å². The van der Waals surface area contributed by atoms with E-state index in [1.54, 1.807) is 25.1 Å². The molecule has 186 valence electrons. The van der Waals surface area contributed by atoms with Gasteiger partial charge in [-0.1, -0.05) is 17.7 Å². The van der Waals surface area contributed by atoms with Gasteiger partial charge in [-0.05, 0) is 46.2 Å². The molecule has 35 heavy (non-hydrogen) atoms. The number of β-amino-alcohol motifs (C(OH)–C–C–N with tert-alkyl or cyclic N) is 1. The predicted octanol–water partition coefficient (Wildman–Crippen LogP) is 2.19. The minimum Gasteiger partial charge on any atom is -0.392 e. The third-order valence-electron chi connectivity index (χ3n) is 5.32. The van der Waals surface area contributed by atoms with Crippen LogP contribution in [0.2, 0.25) is 5.02 Å². The first kappa shape index (κ1) is 26.2. The van der Waals surface area contributed by atoms with Crippen molar-refractivity contribution in [2.45, 2.75) is 58.3 Å². The topological polar surface area (TPSA) is 181 Å². The molecule has 0 spiro atoms. The van der Waals surface area contributed by atoms with Gasteiger partial charge in [-0.15, -0.1) is 0 Å². The van der Waals surface area contributed by atoms with Gasteiger partial charge in [0.1, 0.15) is 23.3 Å². The van der Waals surface area contributed by atoms with Crippen LogP contribution in [-0.4, -0.2) is 42.8 Å². The summed E-state index contributed by atoms with van der Waals surface area (Å²) >= 11 is 6.32. The third kappa shape index (κ3) is 6.16. The largest absolute Gasteiger partial charge is 0.392 e. The maximum absolute atomic E-state index is 13.5. The van der Waals surface area contributed by atoms with Gasteiger partial charge in [0.2, 0.25) is 5.95 Å². The number of anilines is 3. The number of fused-ring (bicyclic) bond motifs is 1. The van der Waals surface area contributed by atoms with Crippen molar-refractivity contribution in [3.05, 3.63) is 45.0 Å². The molecule has 0 aliphatic rings. The smallest absolute Gasteiger partial charge is 0.262 e. The van der Waals surface area contributed by atoms with Crippen molar-refractivity contribution >= 4 is 40.1 Å². The molecule has 2 aromatic heterocycles. The van der Waals surface area contributed by atoms with Gasteiger partial charge < -0.3 is 27.2 Å². The molecule has 0 aliphatic carbocycles. The maximum atomic E-state index is 13.5. The minimum atomic E-state index is -0.689. The Balaban J connectivity index is 2.01. The molecular formula is C23H30ClN9O2. The molecule has 1 unspecified atom stereocenters. The van der Waals surface area contributed by atoms with Gasteiger partial charge in [0.05, 0.1) is 28.1 Å². The summed E-state index contributed by atoms with van der Waals surface area (Å²) < 4.78 is 1.48. The van der Waals surface area contributed by atoms with E-state index < -0.39 is 12.1 Å². The number of benzene rings is 1. The van der Waals surface area contributed by atoms with Crippen molar-refractivity contribution in [3.63, 3.8) is 0 Å². The highest BCUT2D eigenvalue weighted by Crippen LogP contribution is 2.25. The monoisotopic (exact) mass is 499 g/mol. The van der Waals surface area contributed by atoms with Crippen LogP contribution in [0.15, 0.2) is 23.0 Å². The van der Waals surface area contributed by atoms with Gasteiger partial charge >= 0.3 is 0 Å². The van der Waals surface area contributed by atoms with Crippen molar-refractivity contribution in [1.82, 2.24) is 24.8 Å². The molecule has 7 N–H and O–H groups in total. The fourth-order valence-electron chi connectivity index (χ4n) is 3.57. The van der Waals surface area contributed by atoms with Crippen LogP contribution < -0.4 is 27.7 Å². The molecule has 3 aromatic rings. The Labute approximate surface area is 208 Å². The molecule has 2 heterocycles. The first-order valence-corrected chi connectivity index (χ1v) is 11.5. The standard InChI is InChI=1S/C23H30ClN9O2/c1-12(29-19-14(10-25)18(26)31-22(27)32-19)20-30-16-7-5-6-15(24)17(16)21(35)33(20)9-8-13(34)11-28-23(2,3)4/h5-7,12-13,28,34H,8-9,11H2,1-4H3,(H5,26,27,29,31,32)/t12-,13?/m0/s1. The Bertz CT molecular complexity index is 1330. The average molecular weight is 500 g/mol. The quantitative estimate of drug-likeness (QED) is 0.308. The molecule has 0 radical (unpaired) electrons. The van der Waals surface area contributed by atoms with E-state index in [4.69, 9.17) is 23.1 Å². The molecule has 11 nitrogen and oxygen atoms in total. The Morgan fingerprint density at radius 2 is 1.97 bits per heavy atom. The average Bonchev–Trinajstić information content (AvgIpc) is 2.76. The number of aliphatic hydroxyl groups is 1. The highest BCUT2D eigenvalue weighted by molar-refractivity contribution is 6.35. The van der Waals surface area contributed by atoms with E-state index >= 15 is 0 Å². The second-order valence-electron chi connectivity index (χ2n) is 9.30. The second-order valence-corrected chi connectivity index (χ2v) is 9.71. The Morgan fingerprint density at radius 3 is 2.63 bits per heavy atom. The lowest BCUT2D eigenvalue weighted by Crippen LogP contribution is -2.41. The lowest BCUT2D eigenvalue weighted by Gasteiger charge is -2.24. The van der Waals surface area contributed by atoms with Crippen LogP contribution in [0.1, 0.15) is 51.5 Å². The van der Waals surface area contributed by atoms with Crippen LogP contribution in [0.4, 0.5) is 17.6 Å². The molecule has 0 saturated heterocycles. The zero-order valence-electron chi connectivity index (χ0n) is 20.1. The van der Waals surface area contributed by atoms with Gasteiger partial charge in [-0.25, -0.2) is 4.98 Å². The van der Waals surface area contributed by atoms with Gasteiger partial charge in [0, 0.05) is 18.6 Å². The number of halogens is 1. The van der Waals surface area contributed by atoms with Crippen molar-refractivity contribution < 1.29 is 5.11 Å². The summed E-state index contributed by atoms with van der Waals surface area (Å²) in [4.78, 5) is 26.1. The van der Waals surface area contributed by atoms with Gasteiger partial charge in [-0.2, -0.15) is 15.2 Å². The molecule has 2 atom stereocenters. The summed E-state index contributed by atoms with van der Waals surface area (Å²) in [6.45, 7) is 8.35. The number of nitrogens with zero attached hydrogens (tertiary/aromatic N) is 5. The Hall–Kier alpha value is -3.46. The van der Waals surface area contributed by atoms with Crippen LogP contribution >= 0.6 is 11.6 Å². The number of nitrogen functional groups attached to an aromatic ring is 2. The summed E-state index contributed by atoms with van der Waals surface area (Å²) in [5.74, 6) is 0.355. The highest BCUT2D eigenvalue weighted by atomic mass is 35.5. The first-order chi connectivity index (χ1) is 16.4. The number of aromatic nitrogens is 4. The molecular weight excluding hydrogens is 470 g/mol. The number of nitriles is 1. The maximum Gasteiger partial charge on any atom is 0.262 e. The van der Waals surface area contributed by atoms with E-state index in [0.717, 1.165) is 0 Å². The third-order valence-corrected chi connectivity index (χ3v) is 5.64. The van der Waals surface area contributed by atoms with E-state index in [9.17, 15) is 15.2 Å². The van der Waals surface area contributed by atoms with Crippen molar-refractivity contribution in [2.75, 3.05) is 23.3 Å². The lowest BCUT2D eigenvalue weighted by molar-refractivity contribution is 0.145. The first-order valence-electron chi connectivity index (χ1n) is 11.1. The zero-order valence-corrected chi connectivity index (χ0v) is 20.9. The normalized spacial score (nSPS) is 13.4. The summed E-state index contributed by atoms with van der Waals surface area (Å²) in [5, 5.41) is 26.9. The van der Waals surface area contributed by atoms with Crippen molar-refractivity contribution in [2.24, 2.45) is 0 Å². The van der Waals surface area contributed by atoms with E-state index in [1.165, 1.54) is 4.57 Å². The molecule has 0 aliphatic heterocycles. The van der Waals surface area contributed by atoms with Gasteiger partial charge in [0.25, 0.3) is 5.56 Å². The SMILES string of the molecule is C[C@H](Nc1nc(N)nc(N)c1C#N)c1nc2cccc(Cl)c2c(=O)n1CCC(O)CNC(C)(C)C. The number of hydrogen-bond acceptors (Lipinski definition) is 10. The number of nitrogens with one attached hydrogen (secondary N) is 2. The zero-order chi connectivity index (χ0) is 25.9. The molecule has 0 bridgehead atoms. The Morgan fingerprint density at radius 1 is 1.26 bits per heavy atom. The summed E-state index contributed by atoms with van der Waals surface area (Å²) in [6.07, 6.45) is -0.386. The summed E-state index contributed by atoms with van der Waals surface area (Å²) in [5.41, 5.74) is 11.5. The van der Waals surface area contributed by atoms with E-state index in [-0.39, 0.29) is 40.8 Å². The lowest BCUT2D eigenvalue weighted by atomic mass is 10.1. The molecule has 12 heteroatoms. The van der Waals surface area contributed by atoms with Crippen molar-refractivity contribution in [3.8, 4) is 6.07 Å². The van der Waals surface area contributed by atoms with Crippen LogP contribution in [0.25, 0.3) is 10.9 Å². The van der Waals surface area contributed by atoms with Crippen molar-refractivity contribution in [1.29, 1.82) is 5.26 Å². The molecule has 3 rings (SSSR count). The van der Waals surface area contributed by atoms with Crippen LogP contribution in [-0.2, 0) is 6.54 Å². The molecule has 0 saturated carbocycles. The highest BCUT2D eigenvalue weighted by Gasteiger charge is 2.22. The van der Waals surface area contributed by atoms with Gasteiger partial charge in [-0.3, -0.25) is 9.36 Å². The summed E-state index contributed by atoms with van der Waals surface area (Å²) in [7, 11) is 0. The number of nitrogens with two attached hydrogens (primary N) is 2. The summed E-state index contributed by atoms with van der Waals surface area (Å²) in [6, 6.07) is 6.42. The fourth-order valence-corrected chi connectivity index (χ4v) is 3.82. The number of aliphatic hydroxyl groups excluding tert-OH is 1. The van der Waals surface area contributed by atoms with Crippen LogP contribution in [0, 0.1) is 11.3 Å². The second kappa shape index (κ2) is 10.4. The predicted molar refractivity (Wildman–Crippen MR) is 137 cm³/mol. The number of rotatable bonds is 8. The molecule has 0 amide bonds.